The first kappa shape index (κ1) is 18.7. The van der Waals surface area contributed by atoms with Crippen molar-refractivity contribution < 1.29 is 4.74 Å². The Morgan fingerprint density at radius 2 is 1.62 bits per heavy atom. The van der Waals surface area contributed by atoms with E-state index in [-0.39, 0.29) is 5.60 Å². The average molecular weight is 336 g/mol. The summed E-state index contributed by atoms with van der Waals surface area (Å²) >= 11 is 0. The number of likely N-dealkylation sites (tertiary alicyclic amines) is 1. The van der Waals surface area contributed by atoms with Crippen LogP contribution in [0.3, 0.4) is 0 Å². The Morgan fingerprint density at radius 1 is 1.00 bits per heavy atom. The Kier molecular flexibility index (Phi) is 5.97. The highest BCUT2D eigenvalue weighted by atomic mass is 16.5. The topological polar surface area (TPSA) is 12.5 Å². The lowest BCUT2D eigenvalue weighted by Gasteiger charge is -2.43. The molecule has 2 heteroatoms. The molecule has 0 amide bonds. The van der Waals surface area contributed by atoms with Gasteiger partial charge in [0.25, 0.3) is 0 Å². The zero-order chi connectivity index (χ0) is 17.2. The van der Waals surface area contributed by atoms with Crippen molar-refractivity contribution in [1.29, 1.82) is 0 Å². The van der Waals surface area contributed by atoms with Crippen molar-refractivity contribution in [3.05, 3.63) is 0 Å². The normalized spacial score (nSPS) is 36.5. The Bertz CT molecular complexity index is 389. The second kappa shape index (κ2) is 7.66. The maximum atomic E-state index is 6.67. The predicted molar refractivity (Wildman–Crippen MR) is 102 cm³/mol. The molecule has 24 heavy (non-hydrogen) atoms. The van der Waals surface area contributed by atoms with Gasteiger partial charge in [0.1, 0.15) is 0 Å². The quantitative estimate of drug-likeness (QED) is 0.643. The lowest BCUT2D eigenvalue weighted by atomic mass is 9.66. The molecule has 1 saturated carbocycles. The van der Waals surface area contributed by atoms with Crippen LogP contribution in [0.5, 0.6) is 0 Å². The van der Waals surface area contributed by atoms with Gasteiger partial charge in [-0.2, -0.15) is 0 Å². The van der Waals surface area contributed by atoms with Gasteiger partial charge >= 0.3 is 0 Å². The lowest BCUT2D eigenvalue weighted by molar-refractivity contribution is -0.0839. The number of hydrogen-bond acceptors (Lipinski definition) is 2. The van der Waals surface area contributed by atoms with E-state index in [1.54, 1.807) is 0 Å². The first-order valence-electron chi connectivity index (χ1n) is 10.8. The van der Waals surface area contributed by atoms with Gasteiger partial charge < -0.3 is 9.64 Å². The molecular formula is C22H41NO. The summed E-state index contributed by atoms with van der Waals surface area (Å²) in [6.07, 6.45) is 13.9. The third kappa shape index (κ3) is 4.36. The minimum atomic E-state index is 0.265. The number of hydrogen-bond donors (Lipinski definition) is 0. The molecule has 3 rings (SSSR count). The zero-order valence-electron chi connectivity index (χ0n) is 16.8. The van der Waals surface area contributed by atoms with Crippen LogP contribution in [0, 0.1) is 17.3 Å². The molecule has 3 fully saturated rings. The van der Waals surface area contributed by atoms with E-state index in [9.17, 15) is 0 Å². The fraction of sp³-hybridized carbons (Fsp3) is 1.00. The van der Waals surface area contributed by atoms with Gasteiger partial charge in [0.15, 0.2) is 0 Å². The van der Waals surface area contributed by atoms with Gasteiger partial charge in [0.2, 0.25) is 0 Å². The van der Waals surface area contributed by atoms with Gasteiger partial charge in [0, 0.05) is 6.54 Å². The second-order valence-electron chi connectivity index (χ2n) is 9.89. The number of nitrogens with zero attached hydrogens (tertiary/aromatic N) is 1. The van der Waals surface area contributed by atoms with Crippen LogP contribution < -0.4 is 0 Å². The molecule has 0 radical (unpaired) electrons. The maximum absolute atomic E-state index is 6.67. The number of ether oxygens (including phenoxy) is 1. The van der Waals surface area contributed by atoms with Crippen LogP contribution in [0.4, 0.5) is 0 Å². The van der Waals surface area contributed by atoms with Crippen LogP contribution >= 0.6 is 0 Å². The Hall–Kier alpha value is -0.0800. The molecule has 3 aliphatic rings. The number of rotatable bonds is 5. The second-order valence-corrected chi connectivity index (χ2v) is 9.89. The van der Waals surface area contributed by atoms with Crippen molar-refractivity contribution in [1.82, 2.24) is 4.90 Å². The van der Waals surface area contributed by atoms with Crippen molar-refractivity contribution in [3.8, 4) is 0 Å². The van der Waals surface area contributed by atoms with Crippen LogP contribution in [0.2, 0.25) is 0 Å². The summed E-state index contributed by atoms with van der Waals surface area (Å²) in [6.45, 7) is 13.6. The van der Waals surface area contributed by atoms with E-state index in [4.69, 9.17) is 4.74 Å². The molecule has 0 aromatic carbocycles. The lowest BCUT2D eigenvalue weighted by Crippen LogP contribution is -2.39. The first-order valence-corrected chi connectivity index (χ1v) is 10.8. The van der Waals surface area contributed by atoms with Crippen LogP contribution in [-0.4, -0.2) is 36.2 Å². The van der Waals surface area contributed by atoms with Gasteiger partial charge in [-0.1, -0.05) is 34.1 Å². The highest BCUT2D eigenvalue weighted by Gasteiger charge is 2.44. The molecule has 140 valence electrons. The van der Waals surface area contributed by atoms with Gasteiger partial charge in [-0.15, -0.1) is 0 Å². The van der Waals surface area contributed by atoms with E-state index in [1.807, 2.05) is 0 Å². The summed E-state index contributed by atoms with van der Waals surface area (Å²) in [6, 6.07) is 0. The van der Waals surface area contributed by atoms with Crippen LogP contribution in [0.1, 0.15) is 91.9 Å². The molecular weight excluding hydrogens is 294 g/mol. The molecule has 0 bridgehead atoms. The van der Waals surface area contributed by atoms with Crippen LogP contribution in [-0.2, 0) is 4.74 Å². The molecule has 0 aromatic heterocycles. The van der Waals surface area contributed by atoms with E-state index in [0.717, 1.165) is 11.8 Å². The molecule has 2 nitrogen and oxygen atoms in total. The summed E-state index contributed by atoms with van der Waals surface area (Å²) in [5, 5.41) is 0. The average Bonchev–Trinajstić information content (AvgIpc) is 2.97. The van der Waals surface area contributed by atoms with E-state index < -0.39 is 0 Å². The molecule has 1 spiro atoms. The molecule has 0 aromatic rings. The fourth-order valence-corrected chi connectivity index (χ4v) is 5.29. The molecule has 1 unspecified atom stereocenters. The summed E-state index contributed by atoms with van der Waals surface area (Å²) in [4.78, 5) is 2.68. The largest absolute Gasteiger partial charge is 0.372 e. The van der Waals surface area contributed by atoms with Crippen molar-refractivity contribution in [2.75, 3.05) is 19.6 Å². The summed E-state index contributed by atoms with van der Waals surface area (Å²) in [5.74, 6) is 1.85. The fourth-order valence-electron chi connectivity index (χ4n) is 5.29. The van der Waals surface area contributed by atoms with E-state index in [2.05, 4.69) is 32.6 Å². The van der Waals surface area contributed by atoms with Crippen molar-refractivity contribution in [3.63, 3.8) is 0 Å². The Morgan fingerprint density at radius 3 is 2.25 bits per heavy atom. The van der Waals surface area contributed by atoms with E-state index in [0.29, 0.717) is 11.5 Å². The summed E-state index contributed by atoms with van der Waals surface area (Å²) < 4.78 is 6.67. The van der Waals surface area contributed by atoms with E-state index in [1.165, 1.54) is 83.8 Å². The standard InChI is InChI=1S/C22H41NO/c1-5-21(3,4)19-6-12-22(13-7-19)14-8-20(24-22)11-17-23-15-9-18(2)10-16-23/h18-20H,5-17H2,1-4H3. The molecule has 2 heterocycles. The minimum absolute atomic E-state index is 0.265. The SMILES string of the molecule is CCC(C)(C)C1CCC2(CCC(CCN3CCC(C)CC3)O2)CC1. The monoisotopic (exact) mass is 335 g/mol. The highest BCUT2D eigenvalue weighted by Crippen LogP contribution is 2.49. The van der Waals surface area contributed by atoms with Crippen molar-refractivity contribution in [2.45, 2.75) is 104 Å². The van der Waals surface area contributed by atoms with E-state index >= 15 is 0 Å². The molecule has 2 saturated heterocycles. The maximum Gasteiger partial charge on any atom is 0.0687 e. The zero-order valence-corrected chi connectivity index (χ0v) is 16.8. The van der Waals surface area contributed by atoms with Gasteiger partial charge in [-0.05, 0) is 88.1 Å². The first-order chi connectivity index (χ1) is 11.4. The van der Waals surface area contributed by atoms with Gasteiger partial charge in [-0.3, -0.25) is 0 Å². The van der Waals surface area contributed by atoms with Crippen molar-refractivity contribution >= 4 is 0 Å². The Labute approximate surface area is 150 Å². The third-order valence-corrected chi connectivity index (χ3v) is 7.90. The van der Waals surface area contributed by atoms with Crippen molar-refractivity contribution in [2.24, 2.45) is 17.3 Å². The molecule has 1 atom stereocenters. The Balaban J connectivity index is 1.41. The smallest absolute Gasteiger partial charge is 0.0687 e. The summed E-state index contributed by atoms with van der Waals surface area (Å²) in [5.41, 5.74) is 0.784. The highest BCUT2D eigenvalue weighted by molar-refractivity contribution is 4.95. The van der Waals surface area contributed by atoms with Gasteiger partial charge in [0.05, 0.1) is 11.7 Å². The van der Waals surface area contributed by atoms with Crippen LogP contribution in [0.15, 0.2) is 0 Å². The minimum Gasteiger partial charge on any atom is -0.372 e. The van der Waals surface area contributed by atoms with Crippen LogP contribution in [0.25, 0.3) is 0 Å². The summed E-state index contributed by atoms with van der Waals surface area (Å²) in [7, 11) is 0. The third-order valence-electron chi connectivity index (χ3n) is 7.90. The number of piperidine rings is 1. The van der Waals surface area contributed by atoms with Gasteiger partial charge in [-0.25, -0.2) is 0 Å². The molecule has 0 N–H and O–H groups in total. The molecule has 1 aliphatic carbocycles. The predicted octanol–water partition coefficient (Wildman–Crippen LogP) is 5.65. The molecule has 2 aliphatic heterocycles.